The Balaban J connectivity index is 1.36. The number of aromatic nitrogens is 8. The lowest BCUT2D eigenvalue weighted by atomic mass is 10.1. The minimum Gasteiger partial charge on any atom is -0.453 e. The van der Waals surface area contributed by atoms with Gasteiger partial charge in [-0.3, -0.25) is 9.13 Å². The third-order valence-corrected chi connectivity index (χ3v) is 5.96. The van der Waals surface area contributed by atoms with Crippen LogP contribution in [0, 0.1) is 6.08 Å². The van der Waals surface area contributed by atoms with Crippen LogP contribution in [-0.2, 0) is 16.2 Å². The van der Waals surface area contributed by atoms with Gasteiger partial charge in [0.2, 0.25) is 0 Å². The quantitative estimate of drug-likeness (QED) is 0.120. The van der Waals surface area contributed by atoms with Gasteiger partial charge in [0, 0.05) is 0 Å². The van der Waals surface area contributed by atoms with Gasteiger partial charge in [0.25, 0.3) is 0 Å². The summed E-state index contributed by atoms with van der Waals surface area (Å²) < 4.78 is 33.9. The third kappa shape index (κ3) is 5.08. The summed E-state index contributed by atoms with van der Waals surface area (Å²) in [7, 11) is 0. The fraction of sp³-hybridized carbons (Fsp3) is 0.364. The van der Waals surface area contributed by atoms with Crippen molar-refractivity contribution in [2.75, 3.05) is 24.7 Å². The first-order valence-corrected chi connectivity index (χ1v) is 11.6. The molecule has 39 heavy (non-hydrogen) atoms. The maximum absolute atomic E-state index is 13.6. The number of rotatable bonds is 10. The molecule has 4 aromatic heterocycles. The second kappa shape index (κ2) is 10.8. The van der Waals surface area contributed by atoms with E-state index in [0.29, 0.717) is 0 Å². The number of aliphatic hydroxyl groups excluding tert-OH is 3. The van der Waals surface area contributed by atoms with E-state index in [0.717, 1.165) is 0 Å². The van der Waals surface area contributed by atoms with Crippen LogP contribution in [0.3, 0.4) is 0 Å². The van der Waals surface area contributed by atoms with E-state index in [9.17, 15) is 19.7 Å². The topological polar surface area (TPSA) is 228 Å². The van der Waals surface area contributed by atoms with Gasteiger partial charge < -0.3 is 41.0 Å². The molecule has 1 aliphatic rings. The zero-order valence-corrected chi connectivity index (χ0v) is 20.3. The SMILES string of the molecule is C=CC(Oc1nc(N)c2ncn(C3C=CC(O)C(CO)O3)c2n1)C(CO)OCn1cnc2c(N)nc(F)nc21. The van der Waals surface area contributed by atoms with Gasteiger partial charge in [-0.25, -0.2) is 9.97 Å². The van der Waals surface area contributed by atoms with Crippen LogP contribution in [-0.4, -0.2) is 92.0 Å². The van der Waals surface area contributed by atoms with Crippen LogP contribution in [0.4, 0.5) is 16.0 Å². The molecule has 1 aliphatic heterocycles. The lowest BCUT2D eigenvalue weighted by molar-refractivity contribution is -0.102. The van der Waals surface area contributed by atoms with Crippen molar-refractivity contribution in [1.82, 2.24) is 39.0 Å². The van der Waals surface area contributed by atoms with Crippen molar-refractivity contribution in [1.29, 1.82) is 0 Å². The smallest absolute Gasteiger partial charge is 0.321 e. The zero-order valence-electron chi connectivity index (χ0n) is 20.3. The van der Waals surface area contributed by atoms with Crippen molar-refractivity contribution < 1.29 is 33.9 Å². The van der Waals surface area contributed by atoms with Gasteiger partial charge in [0.15, 0.2) is 40.2 Å². The number of nitrogens with two attached hydrogens (primary N) is 2. The Hall–Kier alpha value is -4.29. The van der Waals surface area contributed by atoms with Crippen LogP contribution < -0.4 is 16.2 Å². The summed E-state index contributed by atoms with van der Waals surface area (Å²) in [6.45, 7) is 2.66. The number of nitrogen functional groups attached to an aromatic ring is 2. The van der Waals surface area contributed by atoms with Gasteiger partial charge in [-0.2, -0.15) is 24.3 Å². The van der Waals surface area contributed by atoms with E-state index in [2.05, 4.69) is 36.5 Å². The highest BCUT2D eigenvalue weighted by Gasteiger charge is 2.28. The molecular formula is C22H25FN10O6. The lowest BCUT2D eigenvalue weighted by Gasteiger charge is -2.29. The van der Waals surface area contributed by atoms with Gasteiger partial charge in [0.1, 0.15) is 31.1 Å². The summed E-state index contributed by atoms with van der Waals surface area (Å²) >= 11 is 0. The van der Waals surface area contributed by atoms with Gasteiger partial charge in [0.05, 0.1) is 25.9 Å². The molecule has 5 heterocycles. The molecule has 0 radical (unpaired) electrons. The summed E-state index contributed by atoms with van der Waals surface area (Å²) in [5.74, 6) is -0.107. The fourth-order valence-electron chi connectivity index (χ4n) is 3.96. The van der Waals surface area contributed by atoms with Gasteiger partial charge in [-0.05, 0) is 12.2 Å². The van der Waals surface area contributed by atoms with Crippen LogP contribution in [0.15, 0.2) is 37.5 Å². The molecule has 0 saturated carbocycles. The number of imidazole rings is 2. The molecule has 5 unspecified atom stereocenters. The number of halogens is 1. The monoisotopic (exact) mass is 544 g/mol. The van der Waals surface area contributed by atoms with Crippen LogP contribution >= 0.6 is 0 Å². The Kier molecular flexibility index (Phi) is 7.31. The highest BCUT2D eigenvalue weighted by atomic mass is 19.1. The second-order valence-corrected chi connectivity index (χ2v) is 8.44. The zero-order chi connectivity index (χ0) is 27.7. The van der Waals surface area contributed by atoms with Crippen molar-refractivity contribution in [2.45, 2.75) is 37.4 Å². The number of hydrogen-bond acceptors (Lipinski definition) is 14. The average molecular weight is 545 g/mol. The van der Waals surface area contributed by atoms with E-state index < -0.39 is 49.9 Å². The Bertz CT molecular complexity index is 1530. The van der Waals surface area contributed by atoms with Crippen molar-refractivity contribution >= 4 is 34.0 Å². The van der Waals surface area contributed by atoms with Crippen molar-refractivity contribution in [3.8, 4) is 6.01 Å². The standard InChI is InChI=1S/C22H25FN10O6/c1-2-11(13(6-35)37-9-32-7-26-15-17(24)28-21(23)30-19(15)32)39-22-29-18(25)16-20(31-22)33(8-27-16)14-4-3-10(36)12(5-34)38-14/h2-4,7-8,10-14,34-36H,1,5-6,9H2,(H2,24,28,30)(H2,25,29,31). The molecule has 17 heteroatoms. The molecule has 0 bridgehead atoms. The summed E-state index contributed by atoms with van der Waals surface area (Å²) in [6.07, 6.45) is 1.76. The molecule has 4 aromatic rings. The predicted molar refractivity (Wildman–Crippen MR) is 132 cm³/mol. The summed E-state index contributed by atoms with van der Waals surface area (Å²) in [4.78, 5) is 23.9. The normalized spacial score (nSPS) is 20.9. The molecule has 206 valence electrons. The average Bonchev–Trinajstić information content (AvgIpc) is 3.53. The summed E-state index contributed by atoms with van der Waals surface area (Å²) in [5.41, 5.74) is 12.6. The molecular weight excluding hydrogens is 519 g/mol. The van der Waals surface area contributed by atoms with Crippen molar-refractivity contribution in [3.05, 3.63) is 43.5 Å². The number of aliphatic hydroxyl groups is 3. The molecule has 5 atom stereocenters. The first-order valence-electron chi connectivity index (χ1n) is 11.6. The van der Waals surface area contributed by atoms with Crippen molar-refractivity contribution in [2.24, 2.45) is 0 Å². The van der Waals surface area contributed by atoms with E-state index in [1.54, 1.807) is 6.08 Å². The number of hydrogen-bond donors (Lipinski definition) is 5. The van der Waals surface area contributed by atoms with Gasteiger partial charge in [-0.15, -0.1) is 0 Å². The summed E-state index contributed by atoms with van der Waals surface area (Å²) in [6, 6.07) is -0.164. The minimum atomic E-state index is -1.02. The Labute approximate surface area is 219 Å². The van der Waals surface area contributed by atoms with Crippen molar-refractivity contribution in [3.63, 3.8) is 0 Å². The maximum Gasteiger partial charge on any atom is 0.321 e. The van der Waals surface area contributed by atoms with E-state index in [4.69, 9.17) is 25.7 Å². The van der Waals surface area contributed by atoms with E-state index >= 15 is 0 Å². The summed E-state index contributed by atoms with van der Waals surface area (Å²) in [5, 5.41) is 29.4. The van der Waals surface area contributed by atoms with Crippen LogP contribution in [0.5, 0.6) is 6.01 Å². The molecule has 16 nitrogen and oxygen atoms in total. The largest absolute Gasteiger partial charge is 0.453 e. The van der Waals surface area contributed by atoms with Crippen LogP contribution in [0.2, 0.25) is 0 Å². The number of ether oxygens (including phenoxy) is 3. The highest BCUT2D eigenvalue weighted by molar-refractivity contribution is 5.82. The van der Waals surface area contributed by atoms with E-state index in [-0.39, 0.29) is 46.7 Å². The molecule has 7 N–H and O–H groups in total. The first kappa shape index (κ1) is 26.3. The Morgan fingerprint density at radius 2 is 1.82 bits per heavy atom. The highest BCUT2D eigenvalue weighted by Crippen LogP contribution is 2.28. The maximum atomic E-state index is 13.6. The molecule has 0 aromatic carbocycles. The van der Waals surface area contributed by atoms with Crippen LogP contribution in [0.1, 0.15) is 6.23 Å². The van der Waals surface area contributed by atoms with Gasteiger partial charge in [-0.1, -0.05) is 12.7 Å². The molecule has 5 rings (SSSR count). The molecule has 0 saturated heterocycles. The van der Waals surface area contributed by atoms with Crippen LogP contribution in [0.25, 0.3) is 22.3 Å². The predicted octanol–water partition coefficient (Wildman–Crippen LogP) is -0.955. The minimum absolute atomic E-state index is 0.0146. The first-order chi connectivity index (χ1) is 18.8. The Morgan fingerprint density at radius 1 is 1.08 bits per heavy atom. The lowest BCUT2D eigenvalue weighted by Crippen LogP contribution is -2.37. The molecule has 0 amide bonds. The Morgan fingerprint density at radius 3 is 2.56 bits per heavy atom. The second-order valence-electron chi connectivity index (χ2n) is 8.44. The third-order valence-electron chi connectivity index (χ3n) is 5.96. The van der Waals surface area contributed by atoms with E-state index in [1.165, 1.54) is 33.9 Å². The number of fused-ring (bicyclic) bond motifs is 2. The van der Waals surface area contributed by atoms with E-state index in [1.807, 2.05) is 0 Å². The van der Waals surface area contributed by atoms with Gasteiger partial charge >= 0.3 is 12.1 Å². The molecule has 0 fully saturated rings. The number of anilines is 2. The molecule has 0 spiro atoms. The molecule has 0 aliphatic carbocycles. The number of nitrogens with zero attached hydrogens (tertiary/aromatic N) is 8. The fourth-order valence-corrected chi connectivity index (χ4v) is 3.96.